The summed E-state index contributed by atoms with van der Waals surface area (Å²) in [6.07, 6.45) is 0. The van der Waals surface area contributed by atoms with E-state index in [-0.39, 0.29) is 23.1 Å². The fraction of sp³-hybridized carbons (Fsp3) is 0.875. The van der Waals surface area contributed by atoms with Gasteiger partial charge in [-0.2, -0.15) is 0 Å². The smallest absolute Gasteiger partial charge is 0.316 e. The third-order valence-electron chi connectivity index (χ3n) is 2.27. The van der Waals surface area contributed by atoms with Crippen molar-refractivity contribution in [1.29, 1.82) is 0 Å². The maximum atomic E-state index is 10.5. The Bertz CT molecular complexity index is 127. The van der Waals surface area contributed by atoms with Gasteiger partial charge < -0.3 is 5.11 Å². The van der Waals surface area contributed by atoms with Gasteiger partial charge in [0.15, 0.2) is 0 Å². The molecule has 4 heteroatoms. The van der Waals surface area contributed by atoms with Crippen LogP contribution in [0.4, 0.5) is 0 Å². The minimum Gasteiger partial charge on any atom is -0.481 e. The van der Waals surface area contributed by atoms with Crippen molar-refractivity contribution in [1.82, 2.24) is 0 Å². The van der Waals surface area contributed by atoms with Crippen molar-refractivity contribution in [3.8, 4) is 0 Å². The van der Waals surface area contributed by atoms with Crippen LogP contribution in [0.3, 0.4) is 0 Å². The van der Waals surface area contributed by atoms with Crippen LogP contribution in [0.2, 0.25) is 0 Å². The van der Waals surface area contributed by atoms with Gasteiger partial charge in [0.2, 0.25) is 0 Å². The van der Waals surface area contributed by atoms with Crippen LogP contribution in [-0.2, 0) is 4.79 Å². The first-order valence-electron chi connectivity index (χ1n) is 4.06. The second-order valence-corrected chi connectivity index (χ2v) is 7.10. The number of carboxylic acids is 1. The van der Waals surface area contributed by atoms with Crippen LogP contribution < -0.4 is 0 Å². The summed E-state index contributed by atoms with van der Waals surface area (Å²) in [5, 5.41) is 8.66. The average Bonchev–Trinajstić information content (AvgIpc) is 2.00. The molecule has 0 aromatic carbocycles. The predicted octanol–water partition coefficient (Wildman–Crippen LogP) is 1.02. The summed E-state index contributed by atoms with van der Waals surface area (Å²) in [6.45, 7) is 6.31. The van der Waals surface area contributed by atoms with E-state index in [1.54, 1.807) is 0 Å². The molecule has 2 nitrogen and oxygen atoms in total. The van der Waals surface area contributed by atoms with Crippen LogP contribution in [0.15, 0.2) is 0 Å². The first-order valence-corrected chi connectivity index (χ1v) is 6.37. The van der Waals surface area contributed by atoms with E-state index in [2.05, 4.69) is 20.8 Å². The molecule has 0 spiro atoms. The van der Waals surface area contributed by atoms with Gasteiger partial charge in [-0.25, -0.2) is 10.0 Å². The number of carboxylic acid groups (broad SMARTS) is 1. The summed E-state index contributed by atoms with van der Waals surface area (Å²) in [4.78, 5) is 10.5. The molecule has 0 aromatic rings. The van der Waals surface area contributed by atoms with Crippen LogP contribution in [-0.4, -0.2) is 57.1 Å². The fourth-order valence-corrected chi connectivity index (χ4v) is 3.54. The number of aliphatic carboxylic acids is 1. The van der Waals surface area contributed by atoms with Gasteiger partial charge in [0.05, 0.1) is 5.75 Å². The van der Waals surface area contributed by atoms with Crippen LogP contribution in [0.5, 0.6) is 0 Å². The Morgan fingerprint density at radius 1 is 1.17 bits per heavy atom. The highest BCUT2D eigenvalue weighted by Crippen LogP contribution is 2.46. The molecule has 0 saturated carbocycles. The van der Waals surface area contributed by atoms with E-state index >= 15 is 0 Å². The largest absolute Gasteiger partial charge is 0.481 e. The zero-order valence-corrected chi connectivity index (χ0v) is 8.41. The van der Waals surface area contributed by atoms with Crippen molar-refractivity contribution >= 4 is 39.1 Å². The van der Waals surface area contributed by atoms with Crippen molar-refractivity contribution in [2.24, 2.45) is 0 Å². The molecule has 1 N–H and O–H groups in total. The molecule has 0 bridgehead atoms. The summed E-state index contributed by atoms with van der Waals surface area (Å²) >= 11 is 0. The van der Waals surface area contributed by atoms with Crippen LogP contribution in [0, 0.1) is 0 Å². The summed E-state index contributed by atoms with van der Waals surface area (Å²) < 4.78 is 0. The van der Waals surface area contributed by atoms with Gasteiger partial charge >= 0.3 is 29.0 Å². The molecule has 0 heterocycles. The van der Waals surface area contributed by atoms with E-state index in [1.165, 1.54) is 0 Å². The zero-order chi connectivity index (χ0) is 8.91. The highest BCUT2D eigenvalue weighted by molar-refractivity contribution is 8.34. The van der Waals surface area contributed by atoms with Crippen LogP contribution >= 0.6 is 10.0 Å². The summed E-state index contributed by atoms with van der Waals surface area (Å²) in [6, 6.07) is 0. The molecule has 0 fully saturated rings. The normalized spacial score (nSPS) is 11.9. The SMILES string of the molecule is CCS(CC)(CC)CC(=O)O.[MgH2]. The third kappa shape index (κ3) is 4.57. The van der Waals surface area contributed by atoms with Crippen LogP contribution in [0.25, 0.3) is 0 Å². The number of rotatable bonds is 5. The second-order valence-electron chi connectivity index (χ2n) is 2.63. The Morgan fingerprint density at radius 2 is 1.50 bits per heavy atom. The first-order chi connectivity index (χ1) is 5.10. The van der Waals surface area contributed by atoms with Crippen molar-refractivity contribution in [2.75, 3.05) is 23.0 Å². The lowest BCUT2D eigenvalue weighted by Crippen LogP contribution is -2.19. The van der Waals surface area contributed by atoms with E-state index in [9.17, 15) is 4.79 Å². The molecule has 0 unspecified atom stereocenters. The van der Waals surface area contributed by atoms with Crippen molar-refractivity contribution in [2.45, 2.75) is 20.8 Å². The van der Waals surface area contributed by atoms with Gasteiger partial charge in [-0.1, -0.05) is 20.8 Å². The third-order valence-corrected chi connectivity index (χ3v) is 6.80. The summed E-state index contributed by atoms with van der Waals surface area (Å²) in [5.74, 6) is 2.91. The fourth-order valence-electron chi connectivity index (χ4n) is 1.18. The highest BCUT2D eigenvalue weighted by atomic mass is 32.3. The summed E-state index contributed by atoms with van der Waals surface area (Å²) in [5.41, 5.74) is 0. The molecule has 0 aliphatic rings. The lowest BCUT2D eigenvalue weighted by atomic mass is 10.8. The Kier molecular flexibility index (Phi) is 8.84. The molecule has 0 atom stereocenters. The van der Waals surface area contributed by atoms with Gasteiger partial charge in [0.25, 0.3) is 0 Å². The van der Waals surface area contributed by atoms with Gasteiger partial charge in [0.1, 0.15) is 0 Å². The monoisotopic (exact) mass is 204 g/mol. The molecule has 0 amide bonds. The first kappa shape index (κ1) is 15.1. The van der Waals surface area contributed by atoms with Crippen molar-refractivity contribution < 1.29 is 9.90 Å². The van der Waals surface area contributed by atoms with E-state index in [0.717, 1.165) is 17.3 Å². The highest BCUT2D eigenvalue weighted by Gasteiger charge is 2.20. The van der Waals surface area contributed by atoms with Gasteiger partial charge in [-0.3, -0.25) is 4.79 Å². The van der Waals surface area contributed by atoms with Gasteiger partial charge in [0, 0.05) is 0 Å². The Morgan fingerprint density at radius 3 is 1.58 bits per heavy atom. The molecule has 0 aliphatic carbocycles. The number of hydrogen-bond acceptors (Lipinski definition) is 1. The van der Waals surface area contributed by atoms with Crippen molar-refractivity contribution in [3.05, 3.63) is 0 Å². The second kappa shape index (κ2) is 7.03. The standard InChI is InChI=1S/C8H18O2S.Mg.2H/c1-4-11(5-2,6-3)7-8(9)10;;;/h4-7H2,1-3H3,(H,9,10);;;. The molecule has 0 aromatic heterocycles. The quantitative estimate of drug-likeness (QED) is 0.679. The topological polar surface area (TPSA) is 37.3 Å². The molecule has 0 radical (unpaired) electrons. The van der Waals surface area contributed by atoms with Gasteiger partial charge in [-0.05, 0) is 17.3 Å². The zero-order valence-electron chi connectivity index (χ0n) is 7.59. The molecule has 0 aliphatic heterocycles. The van der Waals surface area contributed by atoms with Crippen molar-refractivity contribution in [3.63, 3.8) is 0 Å². The Labute approximate surface area is 92.6 Å². The minimum atomic E-state index is -0.809. The van der Waals surface area contributed by atoms with E-state index < -0.39 is 16.0 Å². The lowest BCUT2D eigenvalue weighted by molar-refractivity contribution is -0.133. The molecule has 12 heavy (non-hydrogen) atoms. The van der Waals surface area contributed by atoms with E-state index in [1.807, 2.05) is 0 Å². The molecule has 0 rings (SSSR count). The summed E-state index contributed by atoms with van der Waals surface area (Å²) in [7, 11) is -0.809. The van der Waals surface area contributed by atoms with Gasteiger partial charge in [-0.15, -0.1) is 0 Å². The molecular weight excluding hydrogens is 184 g/mol. The number of carbonyl (C=O) groups is 1. The molecular formula is C8H20MgO2S. The maximum Gasteiger partial charge on any atom is 0.316 e. The lowest BCUT2D eigenvalue weighted by Gasteiger charge is -2.35. The number of hydrogen-bond donors (Lipinski definition) is 1. The maximum absolute atomic E-state index is 10.5. The van der Waals surface area contributed by atoms with E-state index in [0.29, 0.717) is 5.75 Å². The predicted molar refractivity (Wildman–Crippen MR) is 60.3 cm³/mol. The van der Waals surface area contributed by atoms with Crippen LogP contribution in [0.1, 0.15) is 20.8 Å². The van der Waals surface area contributed by atoms with E-state index in [4.69, 9.17) is 5.11 Å². The average molecular weight is 205 g/mol. The Hall–Kier alpha value is 0.586. The molecule has 72 valence electrons. The molecule has 0 saturated heterocycles. The minimum absolute atomic E-state index is 0. The Balaban J connectivity index is 0.